The number of hydrogen-bond acceptors (Lipinski definition) is 1. The van der Waals surface area contributed by atoms with E-state index >= 15 is 0 Å². The summed E-state index contributed by atoms with van der Waals surface area (Å²) in [5.74, 6) is 0. The largest absolute Gasteiger partial charge is 0.360 e. The highest BCUT2D eigenvalue weighted by atomic mass is 35.5. The Kier molecular flexibility index (Phi) is 2.62. The normalized spacial score (nSPS) is 20.7. The van der Waals surface area contributed by atoms with Gasteiger partial charge in [-0.1, -0.05) is 17.7 Å². The Balaban J connectivity index is 1.88. The molecular weight excluding hydrogens is 220 g/mol. The van der Waals surface area contributed by atoms with Crippen LogP contribution >= 0.6 is 11.6 Å². The lowest BCUT2D eigenvalue weighted by Crippen LogP contribution is -2.23. The van der Waals surface area contributed by atoms with E-state index in [9.17, 15) is 0 Å². The van der Waals surface area contributed by atoms with Crippen molar-refractivity contribution >= 4 is 22.5 Å². The number of halogens is 1. The average molecular weight is 235 g/mol. The summed E-state index contributed by atoms with van der Waals surface area (Å²) < 4.78 is 0. The average Bonchev–Trinajstić information content (AvgIpc) is 2.90. The summed E-state index contributed by atoms with van der Waals surface area (Å²) >= 11 is 6.11. The van der Waals surface area contributed by atoms with Crippen LogP contribution in [0.25, 0.3) is 10.9 Å². The number of aromatic amines is 1. The molecule has 1 aliphatic heterocycles. The maximum atomic E-state index is 6.11. The number of hydrogen-bond donors (Lipinski definition) is 2. The summed E-state index contributed by atoms with van der Waals surface area (Å²) in [5.41, 5.74) is 2.49. The third-order valence-electron chi connectivity index (χ3n) is 3.34. The van der Waals surface area contributed by atoms with E-state index in [4.69, 9.17) is 11.6 Å². The molecule has 1 aromatic carbocycles. The van der Waals surface area contributed by atoms with Gasteiger partial charge in [0.25, 0.3) is 0 Å². The maximum absolute atomic E-state index is 6.11. The maximum Gasteiger partial charge on any atom is 0.0659 e. The monoisotopic (exact) mass is 234 g/mol. The number of fused-ring (bicyclic) bond motifs is 1. The topological polar surface area (TPSA) is 27.8 Å². The number of aromatic nitrogens is 1. The lowest BCUT2D eigenvalue weighted by atomic mass is 10.0. The van der Waals surface area contributed by atoms with Gasteiger partial charge in [0, 0.05) is 23.1 Å². The van der Waals surface area contributed by atoms with Crippen LogP contribution in [0.4, 0.5) is 0 Å². The van der Waals surface area contributed by atoms with Crippen molar-refractivity contribution in [3.8, 4) is 0 Å². The summed E-state index contributed by atoms with van der Waals surface area (Å²) in [5, 5.41) is 5.47. The van der Waals surface area contributed by atoms with E-state index in [0.717, 1.165) is 28.9 Å². The van der Waals surface area contributed by atoms with Crippen molar-refractivity contribution < 1.29 is 0 Å². The second-order valence-electron chi connectivity index (χ2n) is 4.51. The standard InChI is InChI=1S/C13H15ClN2/c14-12-8-16-13-4-3-9(7-11(12)13)6-10-2-1-5-15-10/h3-4,7-8,10,15-16H,1-2,5-6H2. The van der Waals surface area contributed by atoms with E-state index in [-0.39, 0.29) is 0 Å². The fraction of sp³-hybridized carbons (Fsp3) is 0.385. The van der Waals surface area contributed by atoms with Crippen LogP contribution in [0.15, 0.2) is 24.4 Å². The molecule has 2 heterocycles. The van der Waals surface area contributed by atoms with Crippen molar-refractivity contribution in [2.75, 3.05) is 6.54 Å². The van der Waals surface area contributed by atoms with Gasteiger partial charge in [0.15, 0.2) is 0 Å². The zero-order valence-electron chi connectivity index (χ0n) is 9.09. The summed E-state index contributed by atoms with van der Waals surface area (Å²) in [6.45, 7) is 1.16. The second kappa shape index (κ2) is 4.11. The van der Waals surface area contributed by atoms with E-state index < -0.39 is 0 Å². The van der Waals surface area contributed by atoms with E-state index in [0.29, 0.717) is 6.04 Å². The van der Waals surface area contributed by atoms with Crippen LogP contribution in [0, 0.1) is 0 Å². The van der Waals surface area contributed by atoms with Gasteiger partial charge in [0.1, 0.15) is 0 Å². The van der Waals surface area contributed by atoms with Crippen LogP contribution in [0.2, 0.25) is 5.02 Å². The Hall–Kier alpha value is -0.990. The van der Waals surface area contributed by atoms with Crippen molar-refractivity contribution in [2.45, 2.75) is 25.3 Å². The van der Waals surface area contributed by atoms with Crippen LogP contribution in [0.1, 0.15) is 18.4 Å². The van der Waals surface area contributed by atoms with Crippen molar-refractivity contribution in [2.24, 2.45) is 0 Å². The molecule has 2 aromatic rings. The Morgan fingerprint density at radius 3 is 3.12 bits per heavy atom. The summed E-state index contributed by atoms with van der Waals surface area (Å²) in [4.78, 5) is 3.16. The molecule has 1 fully saturated rings. The Bertz CT molecular complexity index is 498. The number of H-pyrrole nitrogens is 1. The summed E-state index contributed by atoms with van der Waals surface area (Å²) in [6.07, 6.45) is 5.55. The van der Waals surface area contributed by atoms with Crippen LogP contribution < -0.4 is 5.32 Å². The highest BCUT2D eigenvalue weighted by molar-refractivity contribution is 6.35. The molecule has 16 heavy (non-hydrogen) atoms. The third kappa shape index (κ3) is 1.83. The van der Waals surface area contributed by atoms with E-state index in [1.165, 1.54) is 18.4 Å². The van der Waals surface area contributed by atoms with Gasteiger partial charge in [-0.05, 0) is 43.5 Å². The van der Waals surface area contributed by atoms with E-state index in [1.807, 2.05) is 6.20 Å². The first-order valence-corrected chi connectivity index (χ1v) is 6.19. The molecule has 1 aliphatic rings. The molecule has 2 N–H and O–H groups in total. The Labute approximate surface area is 100.0 Å². The molecule has 0 saturated carbocycles. The van der Waals surface area contributed by atoms with Crippen molar-refractivity contribution in [1.82, 2.24) is 10.3 Å². The fourth-order valence-corrected chi connectivity index (χ4v) is 2.69. The van der Waals surface area contributed by atoms with Crippen LogP contribution in [-0.4, -0.2) is 17.6 Å². The molecule has 1 aromatic heterocycles. The molecule has 0 aliphatic carbocycles. The predicted octanol–water partition coefficient (Wildman–Crippen LogP) is 3.12. The molecule has 2 nitrogen and oxygen atoms in total. The first kappa shape index (κ1) is 10.2. The second-order valence-corrected chi connectivity index (χ2v) is 4.92. The summed E-state index contributed by atoms with van der Waals surface area (Å²) in [7, 11) is 0. The SMILES string of the molecule is Clc1c[nH]c2ccc(CC3CCCN3)cc12. The smallest absolute Gasteiger partial charge is 0.0659 e. The molecule has 0 bridgehead atoms. The van der Waals surface area contributed by atoms with E-state index in [2.05, 4.69) is 28.5 Å². The Morgan fingerprint density at radius 1 is 1.38 bits per heavy atom. The van der Waals surface area contributed by atoms with Crippen molar-refractivity contribution in [3.63, 3.8) is 0 Å². The lowest BCUT2D eigenvalue weighted by molar-refractivity contribution is 0.603. The van der Waals surface area contributed by atoms with Gasteiger partial charge in [0.2, 0.25) is 0 Å². The zero-order chi connectivity index (χ0) is 11.0. The van der Waals surface area contributed by atoms with Gasteiger partial charge in [-0.25, -0.2) is 0 Å². The predicted molar refractivity (Wildman–Crippen MR) is 68.0 cm³/mol. The highest BCUT2D eigenvalue weighted by Crippen LogP contribution is 2.24. The third-order valence-corrected chi connectivity index (χ3v) is 3.65. The molecule has 1 atom stereocenters. The van der Waals surface area contributed by atoms with Gasteiger partial charge in [0.05, 0.1) is 5.02 Å². The fourth-order valence-electron chi connectivity index (χ4n) is 2.48. The first-order chi connectivity index (χ1) is 7.83. The molecule has 1 saturated heterocycles. The molecule has 3 heteroatoms. The number of benzene rings is 1. The lowest BCUT2D eigenvalue weighted by Gasteiger charge is -2.09. The molecule has 1 unspecified atom stereocenters. The number of nitrogens with one attached hydrogen (secondary N) is 2. The highest BCUT2D eigenvalue weighted by Gasteiger charge is 2.14. The van der Waals surface area contributed by atoms with E-state index in [1.54, 1.807) is 0 Å². The molecule has 0 amide bonds. The minimum atomic E-state index is 0.648. The van der Waals surface area contributed by atoms with Gasteiger partial charge in [-0.3, -0.25) is 0 Å². The van der Waals surface area contributed by atoms with Crippen molar-refractivity contribution in [1.29, 1.82) is 0 Å². The molecule has 0 spiro atoms. The van der Waals surface area contributed by atoms with Gasteiger partial charge >= 0.3 is 0 Å². The zero-order valence-corrected chi connectivity index (χ0v) is 9.85. The van der Waals surface area contributed by atoms with Gasteiger partial charge in [-0.2, -0.15) is 0 Å². The molecular formula is C13H15ClN2. The van der Waals surface area contributed by atoms with Gasteiger partial charge in [-0.15, -0.1) is 0 Å². The molecule has 84 valence electrons. The minimum absolute atomic E-state index is 0.648. The summed E-state index contributed by atoms with van der Waals surface area (Å²) in [6, 6.07) is 7.16. The molecule has 3 rings (SSSR count). The Morgan fingerprint density at radius 2 is 2.31 bits per heavy atom. The first-order valence-electron chi connectivity index (χ1n) is 5.82. The van der Waals surface area contributed by atoms with Gasteiger partial charge < -0.3 is 10.3 Å². The minimum Gasteiger partial charge on any atom is -0.360 e. The molecule has 0 radical (unpaired) electrons. The number of rotatable bonds is 2. The van der Waals surface area contributed by atoms with Crippen molar-refractivity contribution in [3.05, 3.63) is 35.0 Å². The van der Waals surface area contributed by atoms with Crippen LogP contribution in [0.3, 0.4) is 0 Å². The quantitative estimate of drug-likeness (QED) is 0.821. The van der Waals surface area contributed by atoms with Crippen LogP contribution in [0.5, 0.6) is 0 Å². The van der Waals surface area contributed by atoms with Crippen LogP contribution in [-0.2, 0) is 6.42 Å².